The Hall–Kier alpha value is -2.53. The Morgan fingerprint density at radius 2 is 1.72 bits per heavy atom. The van der Waals surface area contributed by atoms with Gasteiger partial charge in [0.05, 0.1) is 0 Å². The monoisotopic (exact) mass is 416 g/mol. The van der Waals surface area contributed by atoms with E-state index in [0.29, 0.717) is 29.8 Å². The van der Waals surface area contributed by atoms with Gasteiger partial charge in [-0.15, -0.1) is 0 Å². The van der Waals surface area contributed by atoms with Crippen LogP contribution in [-0.2, 0) is 16.1 Å². The van der Waals surface area contributed by atoms with E-state index in [-0.39, 0.29) is 18.4 Å². The predicted octanol–water partition coefficient (Wildman–Crippen LogP) is 4.22. The molecule has 2 amide bonds. The fraction of sp³-hybridized carbons (Fsp3) is 0.391. The lowest BCUT2D eigenvalue weighted by atomic mass is 10.1. The Labute approximate surface area is 178 Å². The van der Waals surface area contributed by atoms with Crippen molar-refractivity contribution in [2.45, 2.75) is 40.3 Å². The Bertz CT molecular complexity index is 821. The first-order valence-corrected chi connectivity index (χ1v) is 10.2. The van der Waals surface area contributed by atoms with Gasteiger partial charge in [0.15, 0.2) is 6.61 Å². The Balaban J connectivity index is 2.13. The highest BCUT2D eigenvalue weighted by molar-refractivity contribution is 6.30. The minimum Gasteiger partial charge on any atom is -0.484 e. The van der Waals surface area contributed by atoms with Crippen molar-refractivity contribution in [2.75, 3.05) is 13.2 Å². The number of carbonyl (C=O) groups excluding carboxylic acids is 2. The molecule has 0 radical (unpaired) electrons. The van der Waals surface area contributed by atoms with Gasteiger partial charge < -0.3 is 15.0 Å². The van der Waals surface area contributed by atoms with Crippen molar-refractivity contribution >= 4 is 23.4 Å². The molecule has 1 N–H and O–H groups in total. The SMILES string of the molecule is Cc1ccccc1OCC(=O)N(Cc1ccc(Cl)cc1)[C@H](C)C(=O)NCC(C)C. The number of halogens is 1. The summed E-state index contributed by atoms with van der Waals surface area (Å²) in [4.78, 5) is 27.1. The van der Waals surface area contributed by atoms with Crippen LogP contribution in [0.15, 0.2) is 48.5 Å². The van der Waals surface area contributed by atoms with E-state index in [1.165, 1.54) is 4.90 Å². The molecular formula is C23H29ClN2O3. The smallest absolute Gasteiger partial charge is 0.261 e. The van der Waals surface area contributed by atoms with E-state index >= 15 is 0 Å². The lowest BCUT2D eigenvalue weighted by molar-refractivity contribution is -0.142. The van der Waals surface area contributed by atoms with Gasteiger partial charge in [0.1, 0.15) is 11.8 Å². The summed E-state index contributed by atoms with van der Waals surface area (Å²) in [6.45, 7) is 8.43. The number of hydrogen-bond donors (Lipinski definition) is 1. The summed E-state index contributed by atoms with van der Waals surface area (Å²) < 4.78 is 5.72. The minimum absolute atomic E-state index is 0.139. The topological polar surface area (TPSA) is 58.6 Å². The van der Waals surface area contributed by atoms with E-state index in [1.54, 1.807) is 19.1 Å². The van der Waals surface area contributed by atoms with Crippen LogP contribution in [0.3, 0.4) is 0 Å². The molecule has 29 heavy (non-hydrogen) atoms. The third-order valence-corrected chi connectivity index (χ3v) is 4.81. The molecule has 2 aromatic rings. The largest absolute Gasteiger partial charge is 0.484 e. The number of aryl methyl sites for hydroxylation is 1. The van der Waals surface area contributed by atoms with E-state index in [1.807, 2.05) is 57.2 Å². The van der Waals surface area contributed by atoms with Crippen LogP contribution >= 0.6 is 11.6 Å². The molecular weight excluding hydrogens is 388 g/mol. The second-order valence-corrected chi connectivity index (χ2v) is 7.95. The zero-order valence-corrected chi connectivity index (χ0v) is 18.2. The molecule has 2 aromatic carbocycles. The number of para-hydroxylation sites is 1. The molecule has 0 aliphatic heterocycles. The van der Waals surface area contributed by atoms with Crippen molar-refractivity contribution in [2.24, 2.45) is 5.92 Å². The highest BCUT2D eigenvalue weighted by Gasteiger charge is 2.26. The van der Waals surface area contributed by atoms with Crippen molar-refractivity contribution in [3.8, 4) is 5.75 Å². The quantitative estimate of drug-likeness (QED) is 0.665. The van der Waals surface area contributed by atoms with E-state index in [4.69, 9.17) is 16.3 Å². The van der Waals surface area contributed by atoms with Gasteiger partial charge in [-0.05, 0) is 49.1 Å². The number of rotatable bonds is 9. The molecule has 0 aliphatic carbocycles. The highest BCUT2D eigenvalue weighted by Crippen LogP contribution is 2.17. The summed E-state index contributed by atoms with van der Waals surface area (Å²) in [6, 6.07) is 14.1. The molecule has 0 fully saturated rings. The summed E-state index contributed by atoms with van der Waals surface area (Å²) in [7, 11) is 0. The lowest BCUT2D eigenvalue weighted by Gasteiger charge is -2.29. The molecule has 1 atom stereocenters. The number of amides is 2. The summed E-state index contributed by atoms with van der Waals surface area (Å²) in [5, 5.41) is 3.52. The molecule has 0 saturated carbocycles. The van der Waals surface area contributed by atoms with Gasteiger partial charge in [-0.2, -0.15) is 0 Å². The second-order valence-electron chi connectivity index (χ2n) is 7.52. The van der Waals surface area contributed by atoms with Gasteiger partial charge in [-0.25, -0.2) is 0 Å². The number of nitrogens with one attached hydrogen (secondary N) is 1. The summed E-state index contributed by atoms with van der Waals surface area (Å²) in [5.74, 6) is 0.549. The molecule has 156 valence electrons. The van der Waals surface area contributed by atoms with E-state index in [9.17, 15) is 9.59 Å². The predicted molar refractivity (Wildman–Crippen MR) is 116 cm³/mol. The van der Waals surface area contributed by atoms with Crippen molar-refractivity contribution in [1.82, 2.24) is 10.2 Å². The van der Waals surface area contributed by atoms with Crippen LogP contribution in [0.4, 0.5) is 0 Å². The van der Waals surface area contributed by atoms with Crippen LogP contribution in [0.5, 0.6) is 5.75 Å². The average molecular weight is 417 g/mol. The maximum atomic E-state index is 13.0. The van der Waals surface area contributed by atoms with Crippen LogP contribution in [0, 0.1) is 12.8 Å². The van der Waals surface area contributed by atoms with Gasteiger partial charge >= 0.3 is 0 Å². The Morgan fingerprint density at radius 3 is 2.34 bits per heavy atom. The zero-order valence-electron chi connectivity index (χ0n) is 17.4. The number of nitrogens with zero attached hydrogens (tertiary/aromatic N) is 1. The number of carbonyl (C=O) groups is 2. The van der Waals surface area contributed by atoms with Gasteiger partial charge in [0, 0.05) is 18.1 Å². The van der Waals surface area contributed by atoms with Crippen LogP contribution in [-0.4, -0.2) is 35.9 Å². The molecule has 0 unspecified atom stereocenters. The summed E-state index contributed by atoms with van der Waals surface area (Å²) in [5.41, 5.74) is 1.84. The molecule has 0 aliphatic rings. The molecule has 0 heterocycles. The second kappa shape index (κ2) is 10.9. The summed E-state index contributed by atoms with van der Waals surface area (Å²) >= 11 is 5.96. The van der Waals surface area contributed by atoms with Crippen LogP contribution in [0.2, 0.25) is 5.02 Å². The first-order valence-electron chi connectivity index (χ1n) is 9.78. The Kier molecular flexibility index (Phi) is 8.52. The number of benzene rings is 2. The lowest BCUT2D eigenvalue weighted by Crippen LogP contribution is -2.49. The molecule has 0 saturated heterocycles. The average Bonchev–Trinajstić information content (AvgIpc) is 2.70. The molecule has 2 rings (SSSR count). The standard InChI is InChI=1S/C23H29ClN2O3/c1-16(2)13-25-23(28)18(4)26(14-19-9-11-20(24)12-10-19)22(27)15-29-21-8-6-5-7-17(21)3/h5-12,16,18H,13-15H2,1-4H3,(H,25,28)/t18-/m1/s1. The van der Waals surface area contributed by atoms with Crippen molar-refractivity contribution < 1.29 is 14.3 Å². The van der Waals surface area contributed by atoms with Crippen molar-refractivity contribution in [3.05, 3.63) is 64.7 Å². The van der Waals surface area contributed by atoms with Gasteiger partial charge in [-0.3, -0.25) is 9.59 Å². The third-order valence-electron chi connectivity index (χ3n) is 4.56. The van der Waals surface area contributed by atoms with Crippen LogP contribution < -0.4 is 10.1 Å². The zero-order chi connectivity index (χ0) is 21.4. The molecule has 5 nitrogen and oxygen atoms in total. The van der Waals surface area contributed by atoms with Crippen LogP contribution in [0.25, 0.3) is 0 Å². The first-order chi connectivity index (χ1) is 13.8. The highest BCUT2D eigenvalue weighted by atomic mass is 35.5. The van der Waals surface area contributed by atoms with Gasteiger partial charge in [0.2, 0.25) is 5.91 Å². The van der Waals surface area contributed by atoms with Crippen LogP contribution in [0.1, 0.15) is 31.9 Å². The molecule has 0 spiro atoms. The third kappa shape index (κ3) is 7.09. The van der Waals surface area contributed by atoms with Gasteiger partial charge in [-0.1, -0.05) is 55.8 Å². The minimum atomic E-state index is -0.627. The van der Waals surface area contributed by atoms with E-state index in [2.05, 4.69) is 5.32 Å². The Morgan fingerprint density at radius 1 is 1.07 bits per heavy atom. The fourth-order valence-electron chi connectivity index (χ4n) is 2.76. The van der Waals surface area contributed by atoms with E-state index < -0.39 is 6.04 Å². The fourth-order valence-corrected chi connectivity index (χ4v) is 2.89. The number of hydrogen-bond acceptors (Lipinski definition) is 3. The van der Waals surface area contributed by atoms with Gasteiger partial charge in [0.25, 0.3) is 5.91 Å². The maximum Gasteiger partial charge on any atom is 0.261 e. The molecule has 0 bridgehead atoms. The number of ether oxygens (including phenoxy) is 1. The maximum absolute atomic E-state index is 13.0. The normalized spacial score (nSPS) is 11.8. The van der Waals surface area contributed by atoms with E-state index in [0.717, 1.165) is 11.1 Å². The first kappa shape index (κ1) is 22.8. The summed E-state index contributed by atoms with van der Waals surface area (Å²) in [6.07, 6.45) is 0. The van der Waals surface area contributed by atoms with Crippen molar-refractivity contribution in [3.63, 3.8) is 0 Å². The molecule has 6 heteroatoms. The molecule has 0 aromatic heterocycles. The van der Waals surface area contributed by atoms with Crippen molar-refractivity contribution in [1.29, 1.82) is 0 Å².